The molecule has 3 fully saturated rings. The first kappa shape index (κ1) is 20.5. The average molecular weight is 370 g/mol. The van der Waals surface area contributed by atoms with Crippen molar-refractivity contribution < 1.29 is 19.4 Å². The van der Waals surface area contributed by atoms with Gasteiger partial charge in [0.15, 0.2) is 5.79 Å². The maximum atomic E-state index is 11.0. The lowest BCUT2D eigenvalue weighted by Gasteiger charge is -2.60. The Morgan fingerprint density at radius 2 is 1.81 bits per heavy atom. The normalized spacial score (nSPS) is 45.5. The molecule has 5 heteroatoms. The van der Waals surface area contributed by atoms with Crippen LogP contribution in [-0.2, 0) is 14.2 Å². The van der Waals surface area contributed by atoms with Gasteiger partial charge in [-0.3, -0.25) is 0 Å². The molecule has 26 heavy (non-hydrogen) atoms. The van der Waals surface area contributed by atoms with E-state index in [0.29, 0.717) is 25.7 Å². The molecule has 2 aliphatic heterocycles. The fourth-order valence-electron chi connectivity index (χ4n) is 5.22. The van der Waals surface area contributed by atoms with Crippen LogP contribution in [0, 0.1) is 5.92 Å². The zero-order chi connectivity index (χ0) is 19.0. The molecule has 3 aliphatic rings. The number of hydroxylamine groups is 2. The molecular weight excluding hydrogens is 330 g/mol. The number of hydrogen-bond acceptors (Lipinski definition) is 5. The van der Waals surface area contributed by atoms with E-state index in [0.717, 1.165) is 12.8 Å². The van der Waals surface area contributed by atoms with Gasteiger partial charge >= 0.3 is 0 Å². The Morgan fingerprint density at radius 1 is 1.12 bits per heavy atom. The Hall–Kier alpha value is -0.200. The van der Waals surface area contributed by atoms with Gasteiger partial charge in [0.2, 0.25) is 0 Å². The molecule has 5 nitrogen and oxygen atoms in total. The van der Waals surface area contributed by atoms with Gasteiger partial charge in [-0.15, -0.1) is 0 Å². The summed E-state index contributed by atoms with van der Waals surface area (Å²) in [7, 11) is 0. The summed E-state index contributed by atoms with van der Waals surface area (Å²) in [6.45, 7) is 11.9. The van der Waals surface area contributed by atoms with E-state index in [1.165, 1.54) is 32.1 Å². The van der Waals surface area contributed by atoms with Crippen LogP contribution < -0.4 is 0 Å². The van der Waals surface area contributed by atoms with Crippen LogP contribution in [0.3, 0.4) is 0 Å². The monoisotopic (exact) mass is 369 g/mol. The predicted molar refractivity (Wildman–Crippen MR) is 101 cm³/mol. The van der Waals surface area contributed by atoms with Crippen molar-refractivity contribution in [3.63, 3.8) is 0 Å². The molecule has 152 valence electrons. The molecule has 0 aromatic carbocycles. The van der Waals surface area contributed by atoms with Crippen molar-refractivity contribution in [3.8, 4) is 0 Å². The van der Waals surface area contributed by atoms with Crippen LogP contribution in [0.15, 0.2) is 0 Å². The maximum absolute atomic E-state index is 11.0. The Bertz CT molecular complexity index is 483. The molecule has 5 atom stereocenters. The van der Waals surface area contributed by atoms with Crippen molar-refractivity contribution >= 4 is 0 Å². The standard InChI is InChI=1S/C21H39NO4/c1-6-19(4)15-21(16(3)20(5,7-2)22(19)23)25-14-18(26-21)13-24-17-11-9-8-10-12-17/h16-18,23H,6-15H2,1-5H3. The summed E-state index contributed by atoms with van der Waals surface area (Å²) in [4.78, 5) is 0. The fourth-order valence-corrected chi connectivity index (χ4v) is 5.22. The summed E-state index contributed by atoms with van der Waals surface area (Å²) >= 11 is 0. The van der Waals surface area contributed by atoms with Gasteiger partial charge in [0.25, 0.3) is 0 Å². The molecule has 5 unspecified atom stereocenters. The van der Waals surface area contributed by atoms with Gasteiger partial charge in [-0.1, -0.05) is 40.0 Å². The number of ether oxygens (including phenoxy) is 3. The molecular formula is C21H39NO4. The zero-order valence-electron chi connectivity index (χ0n) is 17.4. The molecule has 2 saturated heterocycles. The van der Waals surface area contributed by atoms with Gasteiger partial charge in [-0.05, 0) is 39.5 Å². The summed E-state index contributed by atoms with van der Waals surface area (Å²) in [5.41, 5.74) is -0.724. The van der Waals surface area contributed by atoms with Crippen LogP contribution in [0.5, 0.6) is 0 Å². The van der Waals surface area contributed by atoms with Gasteiger partial charge < -0.3 is 19.4 Å². The third-order valence-corrected chi connectivity index (χ3v) is 7.64. The van der Waals surface area contributed by atoms with E-state index >= 15 is 0 Å². The number of piperidine rings is 1. The highest BCUT2D eigenvalue weighted by Gasteiger charge is 2.63. The summed E-state index contributed by atoms with van der Waals surface area (Å²) < 4.78 is 19.0. The van der Waals surface area contributed by atoms with Gasteiger partial charge in [-0.25, -0.2) is 0 Å². The Kier molecular flexibility index (Phi) is 6.06. The van der Waals surface area contributed by atoms with E-state index in [2.05, 4.69) is 34.6 Å². The smallest absolute Gasteiger partial charge is 0.175 e. The van der Waals surface area contributed by atoms with Gasteiger partial charge in [0.1, 0.15) is 6.10 Å². The van der Waals surface area contributed by atoms with Gasteiger partial charge in [-0.2, -0.15) is 5.06 Å². The van der Waals surface area contributed by atoms with Crippen molar-refractivity contribution in [2.45, 2.75) is 115 Å². The highest BCUT2D eigenvalue weighted by molar-refractivity contribution is 5.08. The van der Waals surface area contributed by atoms with Crippen LogP contribution in [0.2, 0.25) is 0 Å². The summed E-state index contributed by atoms with van der Waals surface area (Å²) in [6.07, 6.45) is 9.02. The molecule has 0 aromatic rings. The quantitative estimate of drug-likeness (QED) is 0.772. The van der Waals surface area contributed by atoms with Crippen LogP contribution in [0.1, 0.15) is 86.0 Å². The van der Waals surface area contributed by atoms with Crippen LogP contribution in [0.4, 0.5) is 0 Å². The second-order valence-corrected chi connectivity index (χ2v) is 9.23. The number of nitrogens with zero attached hydrogens (tertiary/aromatic N) is 1. The van der Waals surface area contributed by atoms with Gasteiger partial charge in [0, 0.05) is 17.9 Å². The second-order valence-electron chi connectivity index (χ2n) is 9.23. The first-order valence-corrected chi connectivity index (χ1v) is 10.7. The van der Waals surface area contributed by atoms with Crippen molar-refractivity contribution in [1.82, 2.24) is 5.06 Å². The largest absolute Gasteiger partial charge is 0.375 e. The molecule has 1 saturated carbocycles. The lowest BCUT2D eigenvalue weighted by atomic mass is 9.67. The lowest BCUT2D eigenvalue weighted by molar-refractivity contribution is -0.352. The highest BCUT2D eigenvalue weighted by atomic mass is 16.8. The molecule has 3 rings (SSSR count). The minimum Gasteiger partial charge on any atom is -0.375 e. The molecule has 2 heterocycles. The third-order valence-electron chi connectivity index (χ3n) is 7.64. The molecule has 1 aliphatic carbocycles. The van der Waals surface area contributed by atoms with Crippen molar-refractivity contribution in [3.05, 3.63) is 0 Å². The van der Waals surface area contributed by atoms with Crippen LogP contribution in [0.25, 0.3) is 0 Å². The van der Waals surface area contributed by atoms with E-state index in [1.807, 2.05) is 0 Å². The molecule has 0 amide bonds. The first-order valence-electron chi connectivity index (χ1n) is 10.7. The third kappa shape index (κ3) is 3.46. The molecule has 1 N–H and O–H groups in total. The molecule has 0 radical (unpaired) electrons. The molecule has 0 aromatic heterocycles. The van der Waals surface area contributed by atoms with Crippen molar-refractivity contribution in [1.29, 1.82) is 0 Å². The van der Waals surface area contributed by atoms with Crippen LogP contribution >= 0.6 is 0 Å². The lowest BCUT2D eigenvalue weighted by Crippen LogP contribution is -2.71. The fraction of sp³-hybridized carbons (Fsp3) is 1.00. The Morgan fingerprint density at radius 3 is 2.42 bits per heavy atom. The second kappa shape index (κ2) is 7.67. The van der Waals surface area contributed by atoms with E-state index in [-0.39, 0.29) is 23.1 Å². The van der Waals surface area contributed by atoms with E-state index in [4.69, 9.17) is 14.2 Å². The molecule has 1 spiro atoms. The average Bonchev–Trinajstić information content (AvgIpc) is 3.08. The number of rotatable bonds is 5. The predicted octanol–water partition coefficient (Wildman–Crippen LogP) is 4.52. The minimum atomic E-state index is -0.630. The summed E-state index contributed by atoms with van der Waals surface area (Å²) in [5, 5.41) is 12.6. The number of hydrogen-bond donors (Lipinski definition) is 1. The summed E-state index contributed by atoms with van der Waals surface area (Å²) in [5.74, 6) is -0.556. The van der Waals surface area contributed by atoms with E-state index < -0.39 is 5.79 Å². The Balaban J connectivity index is 1.70. The minimum absolute atomic E-state index is 0.00756. The van der Waals surface area contributed by atoms with E-state index in [9.17, 15) is 5.21 Å². The summed E-state index contributed by atoms with van der Waals surface area (Å²) in [6, 6.07) is 0. The van der Waals surface area contributed by atoms with Gasteiger partial charge in [0.05, 0.1) is 24.9 Å². The van der Waals surface area contributed by atoms with Crippen molar-refractivity contribution in [2.75, 3.05) is 13.2 Å². The first-order chi connectivity index (χ1) is 12.3. The van der Waals surface area contributed by atoms with Crippen LogP contribution in [-0.4, -0.2) is 52.6 Å². The molecule has 0 bridgehead atoms. The Labute approximate surface area is 159 Å². The topological polar surface area (TPSA) is 51.2 Å². The van der Waals surface area contributed by atoms with E-state index in [1.54, 1.807) is 5.06 Å². The highest BCUT2D eigenvalue weighted by Crippen LogP contribution is 2.53. The van der Waals surface area contributed by atoms with Crippen molar-refractivity contribution in [2.24, 2.45) is 5.92 Å². The SMILES string of the molecule is CCC1(C)CC2(OCC(COC3CCCCC3)O2)C(C)C(C)(CC)N1O. The maximum Gasteiger partial charge on any atom is 0.175 e. The zero-order valence-corrected chi connectivity index (χ0v) is 17.4.